The minimum Gasteiger partial charge on any atom is -0.481 e. The van der Waals surface area contributed by atoms with Gasteiger partial charge in [0.1, 0.15) is 6.04 Å². The van der Waals surface area contributed by atoms with Crippen molar-refractivity contribution >= 4 is 72.4 Å². The average Bonchev–Trinajstić information content (AvgIpc) is 3.13. The van der Waals surface area contributed by atoms with Gasteiger partial charge in [0.2, 0.25) is 5.91 Å². The van der Waals surface area contributed by atoms with Crippen molar-refractivity contribution in [2.24, 2.45) is 11.8 Å². The van der Waals surface area contributed by atoms with Gasteiger partial charge in [-0.1, -0.05) is 13.3 Å². The van der Waals surface area contributed by atoms with Gasteiger partial charge in [-0.15, -0.1) is 0 Å². The van der Waals surface area contributed by atoms with Gasteiger partial charge in [-0.2, -0.15) is 0 Å². The third-order valence-corrected chi connectivity index (χ3v) is 13.7. The van der Waals surface area contributed by atoms with Crippen LogP contribution in [-0.2, 0) is 58.0 Å². The predicted molar refractivity (Wildman–Crippen MR) is 191 cm³/mol. The number of nitrogens with one attached hydrogen (secondary N) is 1. The van der Waals surface area contributed by atoms with Gasteiger partial charge in [0.05, 0.1) is 18.7 Å². The molecule has 0 spiro atoms. The van der Waals surface area contributed by atoms with Gasteiger partial charge in [0.15, 0.2) is 0 Å². The van der Waals surface area contributed by atoms with Gasteiger partial charge >= 0.3 is 213 Å². The summed E-state index contributed by atoms with van der Waals surface area (Å²) in [5.74, 6) is -9.92. The van der Waals surface area contributed by atoms with Crippen molar-refractivity contribution in [1.82, 2.24) is 24.9 Å². The Kier molecular flexibility index (Phi) is 19.4. The molecule has 0 radical (unpaired) electrons. The van der Waals surface area contributed by atoms with E-state index in [4.69, 9.17) is 15.1 Å². The Balaban J connectivity index is 1.58. The van der Waals surface area contributed by atoms with Crippen LogP contribution in [0.5, 0.6) is 0 Å². The fourth-order valence-corrected chi connectivity index (χ4v) is 9.80. The summed E-state index contributed by atoms with van der Waals surface area (Å²) >= 11 is -4.03. The summed E-state index contributed by atoms with van der Waals surface area (Å²) in [7, 11) is -4.39. The van der Waals surface area contributed by atoms with Crippen LogP contribution in [0.1, 0.15) is 45.4 Å². The second-order valence-corrected chi connectivity index (χ2v) is 18.5. The molecule has 0 saturated carbocycles. The van der Waals surface area contributed by atoms with Crippen molar-refractivity contribution in [3.63, 3.8) is 0 Å². The first-order valence-corrected chi connectivity index (χ1v) is 23.1. The van der Waals surface area contributed by atoms with Crippen LogP contribution < -0.4 is 5.32 Å². The number of carbonyl (C=O) groups excluding carboxylic acids is 5. The van der Waals surface area contributed by atoms with Crippen molar-refractivity contribution in [3.8, 4) is 0 Å². The Bertz CT molecular complexity index is 1450. The fraction of sp³-hybridized carbons (Fsp3) is 0.750. The van der Waals surface area contributed by atoms with Gasteiger partial charge in [0.25, 0.3) is 0 Å². The molecule has 3 unspecified atom stereocenters. The Hall–Kier alpha value is -3.41. The number of Topliss-reactive ketones (excluding diaryl/α,β-unsaturated/α-hetero) is 1. The molecular weight excluding hydrogens is 827 g/mol. The molecular formula is C32H51GaN5O17P. The summed E-state index contributed by atoms with van der Waals surface area (Å²) in [6.45, 7) is 3.19. The molecule has 4 bridgehead atoms. The van der Waals surface area contributed by atoms with Crippen LogP contribution >= 0.6 is 7.60 Å². The molecule has 3 saturated heterocycles. The Morgan fingerprint density at radius 2 is 1.23 bits per heavy atom. The number of fused-ring (bicyclic) bond motifs is 7. The summed E-state index contributed by atoms with van der Waals surface area (Å²) in [5, 5.41) is 30.9. The van der Waals surface area contributed by atoms with E-state index in [1.807, 2.05) is 4.90 Å². The summed E-state index contributed by atoms with van der Waals surface area (Å²) in [6, 6.07) is -1.57. The van der Waals surface area contributed by atoms with Crippen LogP contribution in [0.3, 0.4) is 0 Å². The van der Waals surface area contributed by atoms with Crippen LogP contribution in [-0.4, -0.2) is 202 Å². The standard InChI is InChI=1S/C32H54N5O17P.Ga/c1-2-3-23(31(48)49)21-55(52,53)54-15-6-25(32(50)51)33-26(39)5-4-22(30(46)47)16-24(38)17-34-7-9-35(18-27(40)41)11-13-37(20-29(44)45)14-12-36(10-8-34)19-28(42)43;/h22-23,25H,2-21H2,1H3,(H,33,39)(H,40,41)(H,42,43)(H,44,45)(H,46,47)(H,48,49)(H,50,51)(H,52,53);/q;+3/p-3/t22-,23-,25+;/m1./s1. The SMILES string of the molecule is CCC[C@H](CP(=O)(O)OCC[C@H](NC(=O)CC[C@H](CC(=O)CN1CCN2CCN3CCN(CC1)CC(=O)[O][Ga]([O]C(=O)C2)[O]C(=O)C3)C(=O)O)C(=O)O)C(=O)O. The zero-order valence-corrected chi connectivity index (χ0v) is 34.6. The zero-order valence-electron chi connectivity index (χ0n) is 31.3. The second-order valence-electron chi connectivity index (χ2n) is 13.9. The van der Waals surface area contributed by atoms with Crippen molar-refractivity contribution < 1.29 is 78.2 Å². The monoisotopic (exact) mass is 877 g/mol. The van der Waals surface area contributed by atoms with Crippen LogP contribution in [0.15, 0.2) is 0 Å². The number of rotatable bonds is 19. The minimum atomic E-state index is -4.39. The Morgan fingerprint density at radius 1 is 0.750 bits per heavy atom. The molecule has 3 rings (SSSR count). The maximum atomic E-state index is 13.3. The molecule has 3 fully saturated rings. The van der Waals surface area contributed by atoms with Crippen LogP contribution in [0, 0.1) is 11.8 Å². The summed E-state index contributed by atoms with van der Waals surface area (Å²) in [4.78, 5) is 117. The molecule has 3 aliphatic rings. The maximum absolute atomic E-state index is 13.3. The zero-order chi connectivity index (χ0) is 41.4. The molecule has 0 aromatic carbocycles. The molecule has 24 heteroatoms. The number of nitrogens with zero attached hydrogens (tertiary/aromatic N) is 4. The molecule has 0 aromatic rings. The minimum absolute atomic E-state index is 0.0768. The number of ketones is 1. The molecule has 3 heterocycles. The first kappa shape index (κ1) is 47.0. The number of aliphatic carboxylic acids is 3. The number of carboxylic acids is 3. The quantitative estimate of drug-likeness (QED) is 0.0689. The van der Waals surface area contributed by atoms with Crippen LogP contribution in [0.2, 0.25) is 0 Å². The van der Waals surface area contributed by atoms with Gasteiger partial charge in [-0.3, -0.25) is 18.9 Å². The van der Waals surface area contributed by atoms with Crippen molar-refractivity contribution in [2.75, 3.05) is 91.3 Å². The van der Waals surface area contributed by atoms with Gasteiger partial charge in [-0.05, 0) is 6.42 Å². The molecule has 314 valence electrons. The van der Waals surface area contributed by atoms with Gasteiger partial charge in [0, 0.05) is 12.8 Å². The van der Waals surface area contributed by atoms with E-state index >= 15 is 0 Å². The number of amides is 1. The summed E-state index contributed by atoms with van der Waals surface area (Å²) < 4.78 is 33.3. The first-order chi connectivity index (χ1) is 26.4. The molecule has 56 heavy (non-hydrogen) atoms. The predicted octanol–water partition coefficient (Wildman–Crippen LogP) is -2.05. The van der Waals surface area contributed by atoms with Crippen molar-refractivity contribution in [1.29, 1.82) is 0 Å². The first-order valence-electron chi connectivity index (χ1n) is 18.4. The van der Waals surface area contributed by atoms with Gasteiger partial charge in [-0.25, -0.2) is 4.79 Å². The molecule has 3 aliphatic heterocycles. The fourth-order valence-electron chi connectivity index (χ4n) is 6.28. The topological polar surface area (TPSA) is 296 Å². The number of carbonyl (C=O) groups is 8. The summed E-state index contributed by atoms with van der Waals surface area (Å²) in [5.41, 5.74) is 0. The Morgan fingerprint density at radius 3 is 1.68 bits per heavy atom. The molecule has 0 aliphatic carbocycles. The van der Waals surface area contributed by atoms with Crippen LogP contribution in [0.25, 0.3) is 0 Å². The second kappa shape index (κ2) is 23.1. The van der Waals surface area contributed by atoms with Crippen LogP contribution in [0.4, 0.5) is 0 Å². The number of hydrogen-bond acceptors (Lipinski definition) is 17. The third kappa shape index (κ3) is 17.4. The van der Waals surface area contributed by atoms with E-state index in [1.165, 1.54) is 0 Å². The molecule has 5 N–H and O–H groups in total. The van der Waals surface area contributed by atoms with E-state index in [9.17, 15) is 63.1 Å². The van der Waals surface area contributed by atoms with E-state index in [0.717, 1.165) is 0 Å². The smallest absolute Gasteiger partial charge is 0.481 e. The average molecular weight is 878 g/mol. The van der Waals surface area contributed by atoms with Gasteiger partial charge < -0.3 is 30.1 Å². The van der Waals surface area contributed by atoms with E-state index in [1.54, 1.807) is 21.6 Å². The molecule has 22 nitrogen and oxygen atoms in total. The van der Waals surface area contributed by atoms with E-state index in [0.29, 0.717) is 45.7 Å². The number of hydrogen-bond donors (Lipinski definition) is 5. The molecule has 1 amide bonds. The summed E-state index contributed by atoms with van der Waals surface area (Å²) in [6.07, 6.45) is -1.74. The van der Waals surface area contributed by atoms with E-state index in [-0.39, 0.29) is 52.1 Å². The van der Waals surface area contributed by atoms with E-state index in [2.05, 4.69) is 5.32 Å². The molecule has 0 aromatic heterocycles. The normalized spacial score (nSPS) is 23.9. The molecule has 6 atom stereocenters. The van der Waals surface area contributed by atoms with E-state index < -0.39 is 122 Å². The van der Waals surface area contributed by atoms with Crippen molar-refractivity contribution in [3.05, 3.63) is 0 Å². The third-order valence-electron chi connectivity index (χ3n) is 9.38. The number of carboxylic acid groups (broad SMARTS) is 3. The Labute approximate surface area is 329 Å². The van der Waals surface area contributed by atoms with Crippen molar-refractivity contribution in [2.45, 2.75) is 51.5 Å².